The number of aromatic nitrogens is 1. The molecule has 0 radical (unpaired) electrons. The van der Waals surface area contributed by atoms with Gasteiger partial charge in [0.1, 0.15) is 0 Å². The molecule has 3 rings (SSSR count). The van der Waals surface area contributed by atoms with Crippen LogP contribution in [0.15, 0.2) is 52.4 Å². The van der Waals surface area contributed by atoms with Crippen LogP contribution in [0.1, 0.15) is 24.5 Å². The van der Waals surface area contributed by atoms with Gasteiger partial charge in [-0.25, -0.2) is 4.98 Å². The summed E-state index contributed by atoms with van der Waals surface area (Å²) in [4.78, 5) is 5.41. The van der Waals surface area contributed by atoms with Crippen LogP contribution in [0.2, 0.25) is 0 Å². The van der Waals surface area contributed by atoms with Gasteiger partial charge < -0.3 is 14.5 Å². The highest BCUT2D eigenvalue weighted by atomic mass is 32.1. The first-order valence-electron chi connectivity index (χ1n) is 7.11. The van der Waals surface area contributed by atoms with Gasteiger partial charge in [0.2, 0.25) is 5.89 Å². The van der Waals surface area contributed by atoms with Crippen molar-refractivity contribution in [1.29, 1.82) is 0 Å². The number of thiophene rings is 1. The summed E-state index contributed by atoms with van der Waals surface area (Å²) in [5, 5.41) is 5.36. The molecule has 0 spiro atoms. The Morgan fingerprint density at radius 2 is 2.23 bits per heavy atom. The number of hydrogen-bond donors (Lipinski definition) is 1. The minimum absolute atomic E-state index is 0.0777. The Morgan fingerprint density at radius 1 is 1.32 bits per heavy atom. The maximum atomic E-state index is 5.76. The topological polar surface area (TPSA) is 47.3 Å². The van der Waals surface area contributed by atoms with Crippen LogP contribution in [-0.4, -0.2) is 12.1 Å². The van der Waals surface area contributed by atoms with Crippen molar-refractivity contribution in [1.82, 2.24) is 4.98 Å². The lowest BCUT2D eigenvalue weighted by Crippen LogP contribution is -2.01. The molecule has 0 saturated heterocycles. The van der Waals surface area contributed by atoms with Gasteiger partial charge >= 0.3 is 0 Å². The standard InChI is InChI=1S/C17H18N2O2S/c1-12(20-2)13-5-3-6-14(9-13)18-11-17-19-10-15(21-17)16-7-4-8-22-16/h3-10,12,18H,11H2,1-2H3/t12-/m0/s1. The van der Waals surface area contributed by atoms with Crippen molar-refractivity contribution in [2.24, 2.45) is 0 Å². The molecule has 0 aliphatic rings. The number of benzene rings is 1. The first-order chi connectivity index (χ1) is 10.8. The fraction of sp³-hybridized carbons (Fsp3) is 0.235. The minimum atomic E-state index is 0.0777. The summed E-state index contributed by atoms with van der Waals surface area (Å²) >= 11 is 1.64. The normalized spacial score (nSPS) is 12.3. The van der Waals surface area contributed by atoms with Crippen molar-refractivity contribution in [3.05, 3.63) is 59.4 Å². The van der Waals surface area contributed by atoms with Crippen LogP contribution in [-0.2, 0) is 11.3 Å². The molecule has 0 saturated carbocycles. The molecular formula is C17H18N2O2S. The third kappa shape index (κ3) is 3.37. The van der Waals surface area contributed by atoms with Gasteiger partial charge in [-0.15, -0.1) is 11.3 Å². The van der Waals surface area contributed by atoms with Crippen LogP contribution >= 0.6 is 11.3 Å². The van der Waals surface area contributed by atoms with Crippen molar-refractivity contribution in [3.63, 3.8) is 0 Å². The molecule has 4 nitrogen and oxygen atoms in total. The minimum Gasteiger partial charge on any atom is -0.438 e. The first-order valence-corrected chi connectivity index (χ1v) is 7.99. The van der Waals surface area contributed by atoms with Gasteiger partial charge in [-0.2, -0.15) is 0 Å². The van der Waals surface area contributed by atoms with Crippen molar-refractivity contribution >= 4 is 17.0 Å². The van der Waals surface area contributed by atoms with Gasteiger partial charge in [0.15, 0.2) is 5.76 Å². The highest BCUT2D eigenvalue weighted by Crippen LogP contribution is 2.25. The number of nitrogens with zero attached hydrogens (tertiary/aromatic N) is 1. The van der Waals surface area contributed by atoms with E-state index in [0.29, 0.717) is 12.4 Å². The molecule has 0 unspecified atom stereocenters. The zero-order valence-corrected chi connectivity index (χ0v) is 13.4. The van der Waals surface area contributed by atoms with E-state index in [1.54, 1.807) is 24.6 Å². The van der Waals surface area contributed by atoms with E-state index in [9.17, 15) is 0 Å². The van der Waals surface area contributed by atoms with E-state index in [0.717, 1.165) is 21.9 Å². The Labute approximate surface area is 133 Å². The van der Waals surface area contributed by atoms with Gasteiger partial charge in [-0.3, -0.25) is 0 Å². The lowest BCUT2D eigenvalue weighted by molar-refractivity contribution is 0.119. The van der Waals surface area contributed by atoms with E-state index in [1.807, 2.05) is 36.6 Å². The molecule has 0 aliphatic heterocycles. The molecule has 5 heteroatoms. The Morgan fingerprint density at radius 3 is 3.00 bits per heavy atom. The second-order valence-corrected chi connectivity index (χ2v) is 5.90. The Kier molecular flexibility index (Phi) is 4.56. The monoisotopic (exact) mass is 314 g/mol. The second-order valence-electron chi connectivity index (χ2n) is 4.95. The van der Waals surface area contributed by atoms with E-state index >= 15 is 0 Å². The van der Waals surface area contributed by atoms with Crippen LogP contribution in [0.4, 0.5) is 5.69 Å². The van der Waals surface area contributed by atoms with Crippen molar-refractivity contribution in [2.75, 3.05) is 12.4 Å². The SMILES string of the molecule is CO[C@@H](C)c1cccc(NCc2ncc(-c3cccs3)o2)c1. The Balaban J connectivity index is 1.65. The molecule has 3 aromatic rings. The third-order valence-corrected chi connectivity index (χ3v) is 4.36. The van der Waals surface area contributed by atoms with Gasteiger partial charge in [-0.05, 0) is 36.1 Å². The lowest BCUT2D eigenvalue weighted by atomic mass is 10.1. The molecule has 1 aromatic carbocycles. The Hall–Kier alpha value is -2.11. The highest BCUT2D eigenvalue weighted by Gasteiger charge is 2.08. The largest absolute Gasteiger partial charge is 0.438 e. The van der Waals surface area contributed by atoms with Gasteiger partial charge in [-0.1, -0.05) is 18.2 Å². The summed E-state index contributed by atoms with van der Waals surface area (Å²) < 4.78 is 11.1. The summed E-state index contributed by atoms with van der Waals surface area (Å²) in [6.07, 6.45) is 1.85. The van der Waals surface area contributed by atoms with Gasteiger partial charge in [0.05, 0.1) is 23.7 Å². The summed E-state index contributed by atoms with van der Waals surface area (Å²) in [5.41, 5.74) is 2.16. The number of hydrogen-bond acceptors (Lipinski definition) is 5. The third-order valence-electron chi connectivity index (χ3n) is 3.47. The molecule has 1 atom stereocenters. The summed E-state index contributed by atoms with van der Waals surface area (Å²) in [5.74, 6) is 1.49. The zero-order chi connectivity index (χ0) is 15.4. The number of ether oxygens (including phenoxy) is 1. The van der Waals surface area contributed by atoms with E-state index < -0.39 is 0 Å². The van der Waals surface area contributed by atoms with Crippen LogP contribution in [0.25, 0.3) is 10.6 Å². The molecule has 114 valence electrons. The lowest BCUT2D eigenvalue weighted by Gasteiger charge is -2.11. The first kappa shape index (κ1) is 14.8. The molecule has 0 aliphatic carbocycles. The van der Waals surface area contributed by atoms with E-state index in [2.05, 4.69) is 22.4 Å². The van der Waals surface area contributed by atoms with E-state index in [4.69, 9.17) is 9.15 Å². The molecule has 2 aromatic heterocycles. The molecular weight excluding hydrogens is 296 g/mol. The highest BCUT2D eigenvalue weighted by molar-refractivity contribution is 7.13. The number of anilines is 1. The van der Waals surface area contributed by atoms with Crippen LogP contribution in [0.3, 0.4) is 0 Å². The summed E-state index contributed by atoms with van der Waals surface area (Å²) in [6, 6.07) is 12.2. The summed E-state index contributed by atoms with van der Waals surface area (Å²) in [6.45, 7) is 2.58. The molecule has 0 amide bonds. The predicted molar refractivity (Wildman–Crippen MR) is 89.0 cm³/mol. The van der Waals surface area contributed by atoms with Gasteiger partial charge in [0.25, 0.3) is 0 Å². The number of rotatable bonds is 6. The van der Waals surface area contributed by atoms with Crippen molar-refractivity contribution in [3.8, 4) is 10.6 Å². The maximum absolute atomic E-state index is 5.76. The molecule has 2 heterocycles. The van der Waals surface area contributed by atoms with Crippen molar-refractivity contribution < 1.29 is 9.15 Å². The average Bonchev–Trinajstić information content (AvgIpc) is 3.23. The van der Waals surface area contributed by atoms with E-state index in [1.165, 1.54) is 0 Å². The molecule has 22 heavy (non-hydrogen) atoms. The smallest absolute Gasteiger partial charge is 0.214 e. The molecule has 1 N–H and O–H groups in total. The number of methoxy groups -OCH3 is 1. The fourth-order valence-electron chi connectivity index (χ4n) is 2.14. The molecule has 0 fully saturated rings. The predicted octanol–water partition coefficient (Wildman–Crippen LogP) is 4.72. The second kappa shape index (κ2) is 6.77. The molecule has 0 bridgehead atoms. The average molecular weight is 314 g/mol. The Bertz CT molecular complexity index is 722. The van der Waals surface area contributed by atoms with Crippen molar-refractivity contribution in [2.45, 2.75) is 19.6 Å². The van der Waals surface area contributed by atoms with Gasteiger partial charge in [0, 0.05) is 12.8 Å². The van der Waals surface area contributed by atoms with E-state index in [-0.39, 0.29) is 6.10 Å². The summed E-state index contributed by atoms with van der Waals surface area (Å²) in [7, 11) is 1.71. The quantitative estimate of drug-likeness (QED) is 0.715. The van der Waals surface area contributed by atoms with Crippen LogP contribution < -0.4 is 5.32 Å². The number of oxazole rings is 1. The van der Waals surface area contributed by atoms with Crippen LogP contribution in [0, 0.1) is 0 Å². The fourth-order valence-corrected chi connectivity index (χ4v) is 2.81. The van der Waals surface area contributed by atoms with Crippen LogP contribution in [0.5, 0.6) is 0 Å². The maximum Gasteiger partial charge on any atom is 0.214 e. The zero-order valence-electron chi connectivity index (χ0n) is 12.6. The number of nitrogens with one attached hydrogen (secondary N) is 1.